The number of fused-ring (bicyclic) bond motifs is 2. The second-order valence-corrected chi connectivity index (χ2v) is 16.0. The fraction of sp³-hybridized carbons (Fsp3) is 0.490. The molecule has 6 rings (SSSR count). The number of amides is 2. The van der Waals surface area contributed by atoms with Gasteiger partial charge in [0.05, 0.1) is 51.4 Å². The molecule has 1 heterocycles. The highest BCUT2D eigenvalue weighted by molar-refractivity contribution is 6.03. The molecule has 0 bridgehead atoms. The van der Waals surface area contributed by atoms with E-state index in [4.69, 9.17) is 43.2 Å². The Morgan fingerprint density at radius 2 is 1.73 bits per heavy atom. The molecule has 3 aromatic carbocycles. The summed E-state index contributed by atoms with van der Waals surface area (Å²) < 4.78 is 42.5. The van der Waals surface area contributed by atoms with Gasteiger partial charge in [0.2, 0.25) is 5.79 Å². The van der Waals surface area contributed by atoms with Crippen molar-refractivity contribution in [3.05, 3.63) is 102 Å². The zero-order valence-corrected chi connectivity index (χ0v) is 37.4. The van der Waals surface area contributed by atoms with Crippen LogP contribution in [0.25, 0.3) is 0 Å². The minimum Gasteiger partial charge on any atom is -0.497 e. The van der Waals surface area contributed by atoms with E-state index in [0.29, 0.717) is 54.7 Å². The maximum Gasteiger partial charge on any atom is 0.417 e. The summed E-state index contributed by atoms with van der Waals surface area (Å²) in [5.74, 6) is -0.636. The number of allylic oxidation sites excluding steroid dienone is 1. The third-order valence-electron chi connectivity index (χ3n) is 12.1. The number of hydrogen-bond acceptors (Lipinski definition) is 13. The van der Waals surface area contributed by atoms with E-state index in [2.05, 4.69) is 18.0 Å². The summed E-state index contributed by atoms with van der Waals surface area (Å²) >= 11 is 0. The molecule has 0 saturated heterocycles. The Balaban J connectivity index is 1.41. The number of nitrogens with one attached hydrogen (secondary N) is 1. The third kappa shape index (κ3) is 11.2. The first-order valence-electron chi connectivity index (χ1n) is 22.1. The van der Waals surface area contributed by atoms with Crippen LogP contribution in [0, 0.1) is 17.8 Å². The molecule has 2 amide bonds. The molecule has 1 saturated carbocycles. The van der Waals surface area contributed by atoms with Crippen LogP contribution in [0.4, 0.5) is 15.3 Å². The molecule has 3 aromatic rings. The number of anilines is 1. The minimum absolute atomic E-state index is 0.0157. The second-order valence-electron chi connectivity index (χ2n) is 16.0. The van der Waals surface area contributed by atoms with Crippen LogP contribution in [-0.2, 0) is 25.7 Å². The van der Waals surface area contributed by atoms with E-state index < -0.39 is 29.9 Å². The van der Waals surface area contributed by atoms with Crippen molar-refractivity contribution in [2.75, 3.05) is 66.2 Å². The van der Waals surface area contributed by atoms with Crippen LogP contribution in [0.1, 0.15) is 68.9 Å². The molecule has 64 heavy (non-hydrogen) atoms. The molecule has 3 N–H and O–H groups in total. The molecular weight excluding hydrogens is 823 g/mol. The van der Waals surface area contributed by atoms with Gasteiger partial charge in [0.1, 0.15) is 42.3 Å². The van der Waals surface area contributed by atoms with Gasteiger partial charge >= 0.3 is 12.2 Å². The van der Waals surface area contributed by atoms with E-state index in [-0.39, 0.29) is 63.0 Å². The van der Waals surface area contributed by atoms with E-state index >= 15 is 0 Å². The summed E-state index contributed by atoms with van der Waals surface area (Å²) in [6, 6.07) is 19.3. The molecular formula is C49H63N3O12. The third-order valence-corrected chi connectivity index (χ3v) is 12.1. The first-order chi connectivity index (χ1) is 31.2. The SMILES string of the molecule is C=CCO[C@@]12Oc3ccc(OC(=O)Nc4ccc(OC)cc4OC)cc3[C@H]3[C@H](CCCCO)[C@@H](CCCCO)C=C(C(=NOCC)C[C@@H]1N(C)C(=O)OCCOCc1ccccc1)[C@H]32. The van der Waals surface area contributed by atoms with Gasteiger partial charge in [0.15, 0.2) is 0 Å². The van der Waals surface area contributed by atoms with Crippen LogP contribution in [-0.4, -0.2) is 106 Å². The molecule has 346 valence electrons. The summed E-state index contributed by atoms with van der Waals surface area (Å²) in [6.45, 7) is 6.98. The van der Waals surface area contributed by atoms with E-state index in [1.807, 2.05) is 43.3 Å². The molecule has 0 spiro atoms. The molecule has 3 aliphatic rings. The Kier molecular flexibility index (Phi) is 17.5. The number of oxime groups is 1. The Hall–Kier alpha value is -5.61. The Bertz CT molecular complexity index is 2080. The second kappa shape index (κ2) is 23.4. The zero-order chi connectivity index (χ0) is 45.5. The van der Waals surface area contributed by atoms with Gasteiger partial charge in [0.25, 0.3) is 0 Å². The molecule has 15 heteroatoms. The minimum atomic E-state index is -1.48. The summed E-state index contributed by atoms with van der Waals surface area (Å²) in [4.78, 5) is 34.9. The number of rotatable bonds is 23. The molecule has 6 atom stereocenters. The topological polar surface area (TPSA) is 176 Å². The van der Waals surface area contributed by atoms with Gasteiger partial charge in [-0.1, -0.05) is 60.5 Å². The molecule has 0 radical (unpaired) electrons. The van der Waals surface area contributed by atoms with Crippen LogP contribution in [0.15, 0.2) is 96.2 Å². The van der Waals surface area contributed by atoms with Crippen molar-refractivity contribution in [3.8, 4) is 23.0 Å². The predicted octanol–water partition coefficient (Wildman–Crippen LogP) is 8.25. The van der Waals surface area contributed by atoms with Gasteiger partial charge in [-0.3, -0.25) is 5.32 Å². The lowest BCUT2D eigenvalue weighted by Gasteiger charge is -2.59. The van der Waals surface area contributed by atoms with E-state index in [1.54, 1.807) is 50.6 Å². The number of hydrogen-bond donors (Lipinski definition) is 3. The first-order valence-corrected chi connectivity index (χ1v) is 22.1. The van der Waals surface area contributed by atoms with E-state index in [0.717, 1.165) is 42.4 Å². The highest BCUT2D eigenvalue weighted by atomic mass is 16.7. The van der Waals surface area contributed by atoms with Gasteiger partial charge in [-0.15, -0.1) is 6.58 Å². The van der Waals surface area contributed by atoms with Crippen molar-refractivity contribution < 1.29 is 57.8 Å². The lowest BCUT2D eigenvalue weighted by atomic mass is 9.55. The van der Waals surface area contributed by atoms with Gasteiger partial charge in [0, 0.05) is 44.2 Å². The summed E-state index contributed by atoms with van der Waals surface area (Å²) in [5, 5.41) is 27.2. The van der Waals surface area contributed by atoms with Crippen molar-refractivity contribution in [2.45, 2.75) is 76.2 Å². The normalized spacial score (nSPS) is 22.5. The average molecular weight is 886 g/mol. The Labute approximate surface area is 375 Å². The van der Waals surface area contributed by atoms with Crippen LogP contribution in [0.5, 0.6) is 23.0 Å². The number of aliphatic hydroxyl groups excluding tert-OH is 2. The monoisotopic (exact) mass is 885 g/mol. The first kappa shape index (κ1) is 47.9. The smallest absolute Gasteiger partial charge is 0.417 e. The van der Waals surface area contributed by atoms with Gasteiger partial charge in [-0.25, -0.2) is 9.59 Å². The number of aliphatic hydroxyl groups is 2. The zero-order valence-electron chi connectivity index (χ0n) is 37.4. The van der Waals surface area contributed by atoms with Gasteiger partial charge in [-0.2, -0.15) is 0 Å². The lowest BCUT2D eigenvalue weighted by molar-refractivity contribution is -0.253. The largest absolute Gasteiger partial charge is 0.497 e. The fourth-order valence-electron chi connectivity index (χ4n) is 9.26. The van der Waals surface area contributed by atoms with Crippen molar-refractivity contribution in [2.24, 2.45) is 22.9 Å². The average Bonchev–Trinajstić information content (AvgIpc) is 3.31. The summed E-state index contributed by atoms with van der Waals surface area (Å²) in [6.07, 6.45) is 7.08. The molecule has 0 unspecified atom stereocenters. The van der Waals surface area contributed by atoms with Crippen LogP contribution < -0.4 is 24.3 Å². The van der Waals surface area contributed by atoms with Crippen molar-refractivity contribution in [1.82, 2.24) is 4.90 Å². The predicted molar refractivity (Wildman–Crippen MR) is 241 cm³/mol. The Morgan fingerprint density at radius 1 is 0.969 bits per heavy atom. The number of likely N-dealkylation sites (N-methyl/N-ethyl adjacent to an activating group) is 1. The molecule has 15 nitrogen and oxygen atoms in total. The number of unbranched alkanes of at least 4 members (excludes halogenated alkanes) is 2. The number of methoxy groups -OCH3 is 2. The highest BCUT2D eigenvalue weighted by Gasteiger charge is 2.65. The molecule has 1 fully saturated rings. The number of carbonyl (C=O) groups excluding carboxylic acids is 2. The van der Waals surface area contributed by atoms with Gasteiger partial charge < -0.3 is 53.1 Å². The van der Waals surface area contributed by atoms with Crippen molar-refractivity contribution in [1.29, 1.82) is 0 Å². The Morgan fingerprint density at radius 3 is 2.45 bits per heavy atom. The van der Waals surface area contributed by atoms with Crippen LogP contribution >= 0.6 is 0 Å². The number of benzene rings is 3. The lowest BCUT2D eigenvalue weighted by Crippen LogP contribution is -2.69. The summed E-state index contributed by atoms with van der Waals surface area (Å²) in [5.41, 5.74) is 3.73. The number of nitrogens with zero attached hydrogens (tertiary/aromatic N) is 2. The number of carbonyl (C=O) groups is 2. The van der Waals surface area contributed by atoms with Crippen LogP contribution in [0.2, 0.25) is 0 Å². The molecule has 2 aliphatic carbocycles. The van der Waals surface area contributed by atoms with Crippen LogP contribution in [0.3, 0.4) is 0 Å². The summed E-state index contributed by atoms with van der Waals surface area (Å²) in [7, 11) is 4.71. The molecule has 0 aromatic heterocycles. The quantitative estimate of drug-likeness (QED) is 0.0473. The standard InChI is InChI=1S/C49H63N3O12/c1-6-25-61-49-44(52(3)48(56)60-27-26-59-32-33-15-9-8-10-16-33)31-41(51-62-7-2)38-28-34(17-11-13-23-53)37(18-12-14-24-54)45(46(38)49)39-29-36(20-22-42(39)64-49)63-47(55)50-40-21-19-35(57-4)30-43(40)58-5/h6,8-10,15-16,19-22,28-30,34,37,44-46,53-54H,1,7,11-14,17-18,23-27,31-32H2,2-5H3,(H,50,55)/t34-,37+,44-,45+,46+,49+/m0/s1. The maximum absolute atomic E-state index is 14.1. The van der Waals surface area contributed by atoms with Crippen molar-refractivity contribution >= 4 is 23.6 Å². The van der Waals surface area contributed by atoms with E-state index in [1.165, 1.54) is 12.0 Å². The van der Waals surface area contributed by atoms with E-state index in [9.17, 15) is 19.8 Å². The maximum atomic E-state index is 14.1. The number of ether oxygens (including phenoxy) is 7. The molecule has 1 aliphatic heterocycles. The highest BCUT2D eigenvalue weighted by Crippen LogP contribution is 2.62. The van der Waals surface area contributed by atoms with Crippen molar-refractivity contribution in [3.63, 3.8) is 0 Å². The van der Waals surface area contributed by atoms with Gasteiger partial charge in [-0.05, 0) is 85.9 Å². The fourth-order valence-corrected chi connectivity index (χ4v) is 9.26.